The van der Waals surface area contributed by atoms with Crippen LogP contribution in [0, 0.1) is 11.8 Å². The molecule has 0 amide bonds. The average molecular weight is 382 g/mol. The van der Waals surface area contributed by atoms with Gasteiger partial charge in [0.15, 0.2) is 0 Å². The van der Waals surface area contributed by atoms with Gasteiger partial charge in [-0.3, -0.25) is 0 Å². The minimum atomic E-state index is 0. The molecule has 0 bridgehead atoms. The molecule has 0 saturated heterocycles. The first-order valence-electron chi connectivity index (χ1n) is 6.20. The second-order valence-corrected chi connectivity index (χ2v) is 4.63. The predicted octanol–water partition coefficient (Wildman–Crippen LogP) is -1.74. The van der Waals surface area contributed by atoms with Gasteiger partial charge in [0, 0.05) is 17.8 Å². The van der Waals surface area contributed by atoms with Gasteiger partial charge < -0.3 is 24.8 Å². The molecule has 0 nitrogen and oxygen atoms in total. The van der Waals surface area contributed by atoms with Gasteiger partial charge in [-0.2, -0.15) is 0 Å². The smallest absolute Gasteiger partial charge is 1.00 e. The second kappa shape index (κ2) is 9.56. The Bertz CT molecular complexity index is 451. The number of rotatable bonds is 3. The Morgan fingerprint density at radius 1 is 0.650 bits per heavy atom. The maximum absolute atomic E-state index is 2.30. The molecular formula is C17H16Cl2Zr. The van der Waals surface area contributed by atoms with Gasteiger partial charge >= 0.3 is 26.2 Å². The molecule has 0 unspecified atom stereocenters. The van der Waals surface area contributed by atoms with Crippen LogP contribution >= 0.6 is 0 Å². The second-order valence-electron chi connectivity index (χ2n) is 4.63. The molecule has 3 heteroatoms. The van der Waals surface area contributed by atoms with Crippen LogP contribution in [0.25, 0.3) is 0 Å². The van der Waals surface area contributed by atoms with Crippen LogP contribution in [-0.4, -0.2) is 0 Å². The zero-order valence-electron chi connectivity index (χ0n) is 11.0. The molecule has 0 spiro atoms. The Kier molecular flexibility index (Phi) is 9.39. The number of benzene rings is 1. The average Bonchev–Trinajstić information content (AvgIpc) is 3.04. The van der Waals surface area contributed by atoms with Crippen molar-refractivity contribution in [3.8, 4) is 0 Å². The van der Waals surface area contributed by atoms with Crippen LogP contribution in [0.5, 0.6) is 0 Å². The summed E-state index contributed by atoms with van der Waals surface area (Å²) < 4.78 is 0. The van der Waals surface area contributed by atoms with Crippen molar-refractivity contribution in [1.29, 1.82) is 0 Å². The molecule has 0 saturated carbocycles. The zero-order valence-corrected chi connectivity index (χ0v) is 15.0. The number of halogens is 2. The van der Waals surface area contributed by atoms with Gasteiger partial charge in [0.25, 0.3) is 0 Å². The van der Waals surface area contributed by atoms with Gasteiger partial charge in [0.1, 0.15) is 0 Å². The van der Waals surface area contributed by atoms with Gasteiger partial charge in [0.2, 0.25) is 0 Å². The molecule has 1 aromatic rings. The fourth-order valence-corrected chi connectivity index (χ4v) is 2.75. The fraction of sp³-hybridized carbons (Fsp3) is 0.176. The van der Waals surface area contributed by atoms with Gasteiger partial charge in [-0.15, -0.1) is 0 Å². The maximum atomic E-state index is 2.30. The van der Waals surface area contributed by atoms with E-state index < -0.39 is 0 Å². The molecule has 0 aromatic heterocycles. The van der Waals surface area contributed by atoms with Crippen molar-refractivity contribution >= 4 is 0 Å². The van der Waals surface area contributed by atoms with E-state index >= 15 is 0 Å². The summed E-state index contributed by atoms with van der Waals surface area (Å²) in [6, 6.07) is 10.8. The van der Waals surface area contributed by atoms with Crippen molar-refractivity contribution in [3.05, 3.63) is 84.5 Å². The van der Waals surface area contributed by atoms with Gasteiger partial charge in [-0.05, 0) is 5.56 Å². The van der Waals surface area contributed by atoms with Crippen molar-refractivity contribution in [2.75, 3.05) is 0 Å². The van der Waals surface area contributed by atoms with Crippen molar-refractivity contribution in [1.82, 2.24) is 0 Å². The van der Waals surface area contributed by atoms with Crippen LogP contribution in [-0.2, 0) is 26.2 Å². The number of allylic oxidation sites excluding steroid dienone is 8. The summed E-state index contributed by atoms with van der Waals surface area (Å²) >= 11 is 0. The van der Waals surface area contributed by atoms with E-state index in [1.165, 1.54) is 5.56 Å². The molecule has 0 N–H and O–H groups in total. The van der Waals surface area contributed by atoms with Crippen molar-refractivity contribution < 1.29 is 51.0 Å². The van der Waals surface area contributed by atoms with E-state index in [1.807, 2.05) is 0 Å². The molecule has 2 aliphatic carbocycles. The van der Waals surface area contributed by atoms with Crippen LogP contribution in [0.4, 0.5) is 0 Å². The van der Waals surface area contributed by atoms with Crippen molar-refractivity contribution in [2.24, 2.45) is 11.8 Å². The quantitative estimate of drug-likeness (QED) is 0.583. The van der Waals surface area contributed by atoms with Crippen LogP contribution < -0.4 is 24.8 Å². The fourth-order valence-electron chi connectivity index (χ4n) is 2.75. The Labute approximate surface area is 152 Å². The van der Waals surface area contributed by atoms with E-state index in [-0.39, 0.29) is 51.0 Å². The van der Waals surface area contributed by atoms with E-state index in [4.69, 9.17) is 0 Å². The Balaban J connectivity index is 0.00000120. The molecule has 0 atom stereocenters. The van der Waals surface area contributed by atoms with E-state index in [0.717, 1.165) is 0 Å². The van der Waals surface area contributed by atoms with Gasteiger partial charge in [-0.25, -0.2) is 0 Å². The molecule has 0 heterocycles. The van der Waals surface area contributed by atoms with Gasteiger partial charge in [-0.1, -0.05) is 78.9 Å². The maximum Gasteiger partial charge on any atom is 2.00 e. The first-order valence-corrected chi connectivity index (χ1v) is 6.20. The molecule has 2 aliphatic rings. The third kappa shape index (κ3) is 4.32. The van der Waals surface area contributed by atoms with Crippen LogP contribution in [0.2, 0.25) is 0 Å². The summed E-state index contributed by atoms with van der Waals surface area (Å²) in [4.78, 5) is 0. The summed E-state index contributed by atoms with van der Waals surface area (Å²) in [7, 11) is 0. The van der Waals surface area contributed by atoms with Crippen molar-refractivity contribution in [3.63, 3.8) is 0 Å². The summed E-state index contributed by atoms with van der Waals surface area (Å²) in [5, 5.41) is 0. The Morgan fingerprint density at radius 2 is 1.05 bits per heavy atom. The summed E-state index contributed by atoms with van der Waals surface area (Å²) in [6.45, 7) is 0. The Hall–Kier alpha value is -0.357. The van der Waals surface area contributed by atoms with Crippen LogP contribution in [0.1, 0.15) is 11.5 Å². The monoisotopic (exact) mass is 380 g/mol. The molecule has 20 heavy (non-hydrogen) atoms. The zero-order chi connectivity index (χ0) is 11.5. The molecule has 0 radical (unpaired) electrons. The first-order chi connectivity index (χ1) is 8.45. The third-order valence-electron chi connectivity index (χ3n) is 3.57. The van der Waals surface area contributed by atoms with E-state index in [1.54, 1.807) is 0 Å². The molecule has 3 rings (SSSR count). The SMILES string of the molecule is C1=CC(C(c2ccccc2)C2C=CC=C2)C=C1.[Cl-].[Cl-].[Zr+2]. The first kappa shape index (κ1) is 19.6. The third-order valence-corrected chi connectivity index (χ3v) is 3.57. The van der Waals surface area contributed by atoms with E-state index in [0.29, 0.717) is 17.8 Å². The standard InChI is InChI=1S/C17H16.2ClH.Zr/c1-2-8-14(9-3-1)17(15-10-4-5-11-15)16-12-6-7-13-16;;;/h1-13,15-17H;2*1H;/q;;;+2/p-2. The minimum Gasteiger partial charge on any atom is -1.00 e. The van der Waals surface area contributed by atoms with Crippen molar-refractivity contribution in [2.45, 2.75) is 5.92 Å². The molecule has 102 valence electrons. The minimum absolute atomic E-state index is 0. The van der Waals surface area contributed by atoms with E-state index in [9.17, 15) is 0 Å². The summed E-state index contributed by atoms with van der Waals surface area (Å²) in [5.74, 6) is 1.57. The van der Waals surface area contributed by atoms with E-state index in [2.05, 4.69) is 78.9 Å². The van der Waals surface area contributed by atoms with Crippen LogP contribution in [0.15, 0.2) is 78.9 Å². The largest absolute Gasteiger partial charge is 2.00 e. The summed E-state index contributed by atoms with van der Waals surface area (Å²) in [6.07, 6.45) is 17.8. The number of hydrogen-bond donors (Lipinski definition) is 0. The van der Waals surface area contributed by atoms with Crippen LogP contribution in [0.3, 0.4) is 0 Å². The molecule has 1 aromatic carbocycles. The van der Waals surface area contributed by atoms with Gasteiger partial charge in [0.05, 0.1) is 0 Å². The molecular weight excluding hydrogens is 366 g/mol. The summed E-state index contributed by atoms with van der Waals surface area (Å²) in [5.41, 5.74) is 1.43. The Morgan fingerprint density at radius 3 is 1.45 bits per heavy atom. The topological polar surface area (TPSA) is 0 Å². The predicted molar refractivity (Wildman–Crippen MR) is 72.7 cm³/mol. The molecule has 0 fully saturated rings. The normalized spacial score (nSPS) is 16.1. The molecule has 0 aliphatic heterocycles. The number of hydrogen-bond acceptors (Lipinski definition) is 0.